The molecule has 0 saturated carbocycles. The second kappa shape index (κ2) is 37.7. The normalized spacial score (nSPS) is 8.87. The van der Waals surface area contributed by atoms with Crippen molar-refractivity contribution >= 4 is 43.7 Å². The molecule has 3 rings (SSSR count). The second-order valence-electron chi connectivity index (χ2n) is 9.23. The van der Waals surface area contributed by atoms with Crippen LogP contribution in [0.5, 0.6) is 0 Å². The molecule has 0 N–H and O–H groups in total. The third-order valence-electron chi connectivity index (χ3n) is 5.53. The van der Waals surface area contributed by atoms with Crippen LogP contribution in [-0.4, -0.2) is 30.4 Å². The standard InChI is InChI=1S/C18H15P.C12H27P.2C2H4O2.2CO.Ru/c1-4-10-16(11-5-1)19(17-12-6-2-7-13-17)18-14-8-3-9-15-18;1-4-7-10-13(11-8-5-2)12-9-6-3;2*1-2(3)4;2*1-2;/h1-15H;4-12H2,1-3H3;2*1H3,(H,3,4);;;/q;;;;;;+2/p-2. The first-order chi connectivity index (χ1) is 21.3. The van der Waals surface area contributed by atoms with Crippen LogP contribution in [0.2, 0.25) is 0 Å². The van der Waals surface area contributed by atoms with E-state index in [1.54, 1.807) is 18.5 Å². The van der Waals surface area contributed by atoms with Crippen molar-refractivity contribution in [3.8, 4) is 0 Å². The third kappa shape index (κ3) is 31.3. The van der Waals surface area contributed by atoms with Crippen molar-refractivity contribution in [1.29, 1.82) is 0 Å². The first-order valence-corrected chi connectivity index (χ1v) is 17.9. The predicted molar refractivity (Wildman–Crippen MR) is 181 cm³/mol. The number of rotatable bonds is 12. The first kappa shape index (κ1) is 49.4. The van der Waals surface area contributed by atoms with Crippen molar-refractivity contribution in [2.24, 2.45) is 0 Å². The molecule has 0 heterocycles. The maximum Gasteiger partial charge on any atom is 2.00 e. The van der Waals surface area contributed by atoms with Crippen molar-refractivity contribution in [1.82, 2.24) is 0 Å². The molecule has 0 fully saturated rings. The quantitative estimate of drug-likeness (QED) is 0.102. The van der Waals surface area contributed by atoms with Crippen LogP contribution in [0.25, 0.3) is 0 Å². The van der Waals surface area contributed by atoms with Gasteiger partial charge in [-0.05, 0) is 75.4 Å². The minimum Gasteiger partial charge on any atom is -0.0622 e. The summed E-state index contributed by atoms with van der Waals surface area (Å²) in [5, 5.41) is 22.0. The van der Waals surface area contributed by atoms with Crippen LogP contribution >= 0.6 is 15.8 Å². The number of carbonyl (C=O) groups is 2. The molecule has 3 aromatic rings. The van der Waals surface area contributed by atoms with Gasteiger partial charge >= 0.3 is 42.1 Å². The number of carbonyl (C=O) groups excluding carboxylic acids is 2. The Kier molecular flexibility index (Phi) is 41.5. The average Bonchev–Trinajstić information content (AvgIpc) is 3.04. The third-order valence-corrected chi connectivity index (χ3v) is 10.8. The molecule has 0 radical (unpaired) electrons. The van der Waals surface area contributed by atoms with Crippen molar-refractivity contribution in [2.45, 2.75) is 73.1 Å². The molecule has 0 aromatic heterocycles. The Bertz CT molecular complexity index is 958. The summed E-state index contributed by atoms with van der Waals surface area (Å²) in [5.41, 5.74) is 0. The molecule has 6 nitrogen and oxygen atoms in total. The van der Waals surface area contributed by atoms with Crippen LogP contribution < -0.4 is 26.1 Å². The summed E-state index contributed by atoms with van der Waals surface area (Å²) in [6.07, 6.45) is 13.2. The molecular weight excluding hydrogens is 691 g/mol. The second-order valence-corrected chi connectivity index (χ2v) is 14.1. The van der Waals surface area contributed by atoms with Gasteiger partial charge in [0, 0.05) is 11.9 Å². The van der Waals surface area contributed by atoms with E-state index in [1.165, 1.54) is 54.4 Å². The minimum absolute atomic E-state index is 0. The molecule has 246 valence electrons. The van der Waals surface area contributed by atoms with E-state index >= 15 is 0 Å². The number of aliphatic carboxylic acids is 2. The maximum atomic E-state index is 8.89. The molecule has 0 aliphatic heterocycles. The van der Waals surface area contributed by atoms with Gasteiger partial charge in [0.05, 0.1) is 0 Å². The molecule has 45 heavy (non-hydrogen) atoms. The topological polar surface area (TPSA) is 120 Å². The van der Waals surface area contributed by atoms with Gasteiger partial charge in [-0.15, -0.1) is 7.92 Å². The molecule has 0 atom stereocenters. The number of carboxylic acids is 2. The minimum atomic E-state index is -1.08. The summed E-state index contributed by atoms with van der Waals surface area (Å²) < 4.78 is 15.0. The summed E-state index contributed by atoms with van der Waals surface area (Å²) >= 11 is 0. The molecule has 3 aromatic carbocycles. The van der Waals surface area contributed by atoms with Crippen molar-refractivity contribution in [3.63, 3.8) is 0 Å². The number of unbranched alkanes of at least 4 members (excludes halogenated alkanes) is 3. The Hall–Kier alpha value is -2.44. The fraction of sp³-hybridized carbons (Fsp3) is 0.389. The van der Waals surface area contributed by atoms with Gasteiger partial charge in [-0.2, -0.15) is 0 Å². The van der Waals surface area contributed by atoms with E-state index in [0.29, 0.717) is 7.92 Å². The predicted octanol–water partition coefficient (Wildman–Crippen LogP) is 5.75. The molecule has 0 unspecified atom stereocenters. The molecule has 0 aliphatic carbocycles. The summed E-state index contributed by atoms with van der Waals surface area (Å²) in [5.74, 6) is -2.17. The molecule has 0 spiro atoms. The average molecular weight is 740 g/mol. The van der Waals surface area contributed by atoms with Gasteiger partial charge in [-0.25, -0.2) is 0 Å². The van der Waals surface area contributed by atoms with E-state index in [0.717, 1.165) is 13.8 Å². The van der Waals surface area contributed by atoms with Gasteiger partial charge in [0.15, 0.2) is 0 Å². The summed E-state index contributed by atoms with van der Waals surface area (Å²) in [7, 11) is -0.0243. The van der Waals surface area contributed by atoms with Crippen molar-refractivity contribution in [3.05, 3.63) is 104 Å². The molecule has 0 aliphatic rings. The Labute approximate surface area is 287 Å². The number of hydrogen-bond donors (Lipinski definition) is 0. The van der Waals surface area contributed by atoms with Crippen molar-refractivity contribution < 1.29 is 48.6 Å². The zero-order valence-electron chi connectivity index (χ0n) is 27.2. The number of benzene rings is 3. The smallest absolute Gasteiger partial charge is 0.0622 e. The van der Waals surface area contributed by atoms with Crippen molar-refractivity contribution in [2.75, 3.05) is 18.5 Å². The van der Waals surface area contributed by atoms with Crippen LogP contribution in [0.3, 0.4) is 0 Å². The van der Waals surface area contributed by atoms with Gasteiger partial charge in [-0.1, -0.05) is 131 Å². The van der Waals surface area contributed by atoms with Gasteiger partial charge in [-0.3, -0.25) is 0 Å². The zero-order valence-corrected chi connectivity index (χ0v) is 30.7. The SMILES string of the molecule is CC(=O)[O-].CC(=O)[O-].CCCCP(CCCC)CCCC.[C-]#[O+].[C-]#[O+].[Ru+2].c1ccc(P(c2ccccc2)c2ccccc2)cc1. The molecule has 0 amide bonds. The van der Waals surface area contributed by atoms with Gasteiger partial charge < -0.3 is 19.8 Å². The Morgan fingerprint density at radius 2 is 0.756 bits per heavy atom. The van der Waals surface area contributed by atoms with Gasteiger partial charge in [0.2, 0.25) is 0 Å². The number of hydrogen-bond acceptors (Lipinski definition) is 4. The first-order valence-electron chi connectivity index (χ1n) is 14.7. The van der Waals surface area contributed by atoms with Crippen LogP contribution in [0.15, 0.2) is 91.0 Å². The molecule has 0 saturated heterocycles. The van der Waals surface area contributed by atoms with E-state index in [-0.39, 0.29) is 19.5 Å². The van der Waals surface area contributed by atoms with E-state index in [2.05, 4.69) is 125 Å². The largest absolute Gasteiger partial charge is 2.00 e. The Morgan fingerprint density at radius 1 is 0.556 bits per heavy atom. The zero-order chi connectivity index (χ0) is 34.0. The van der Waals surface area contributed by atoms with E-state index in [1.807, 2.05) is 0 Å². The molecular formula is C36H48O6P2Ru. The van der Waals surface area contributed by atoms with E-state index in [4.69, 9.17) is 29.1 Å². The Morgan fingerprint density at radius 3 is 0.933 bits per heavy atom. The monoisotopic (exact) mass is 740 g/mol. The van der Waals surface area contributed by atoms with Crippen LogP contribution in [-0.2, 0) is 38.4 Å². The molecule has 0 bridgehead atoms. The van der Waals surface area contributed by atoms with Gasteiger partial charge in [0.1, 0.15) is 0 Å². The summed E-state index contributed by atoms with van der Waals surface area (Å²) in [6, 6.07) is 32.3. The van der Waals surface area contributed by atoms with E-state index < -0.39 is 19.9 Å². The van der Waals surface area contributed by atoms with E-state index in [9.17, 15) is 0 Å². The van der Waals surface area contributed by atoms with Crippen LogP contribution in [0.4, 0.5) is 0 Å². The fourth-order valence-corrected chi connectivity index (χ4v) is 8.93. The maximum absolute atomic E-state index is 8.89. The van der Waals surface area contributed by atoms with Crippen LogP contribution in [0, 0.1) is 13.3 Å². The summed E-state index contributed by atoms with van der Waals surface area (Å²) in [6.45, 7) is 17.9. The number of carboxylic acid groups (broad SMARTS) is 2. The van der Waals surface area contributed by atoms with Crippen LogP contribution in [0.1, 0.15) is 73.1 Å². The summed E-state index contributed by atoms with van der Waals surface area (Å²) in [4.78, 5) is 17.8. The fourth-order valence-electron chi connectivity index (χ4n) is 3.66. The van der Waals surface area contributed by atoms with Gasteiger partial charge in [0.25, 0.3) is 0 Å². The molecule has 9 heteroatoms. The Balaban J connectivity index is -0.000000282.